The average molecular weight is 370 g/mol. The van der Waals surface area contributed by atoms with Gasteiger partial charge in [0.2, 0.25) is 0 Å². The SMILES string of the molecule is Cc1cccc(OCCN2C(=O)S/C(=C\c3cc(C)n(C)c3C)C2=O)c1. The Balaban J connectivity index is 1.67. The third kappa shape index (κ3) is 3.70. The molecule has 1 aliphatic rings. The maximum absolute atomic E-state index is 12.6. The summed E-state index contributed by atoms with van der Waals surface area (Å²) in [6.07, 6.45) is 1.80. The van der Waals surface area contributed by atoms with Crippen molar-refractivity contribution in [1.82, 2.24) is 9.47 Å². The highest BCUT2D eigenvalue weighted by atomic mass is 32.2. The van der Waals surface area contributed by atoms with Crippen molar-refractivity contribution in [2.24, 2.45) is 7.05 Å². The van der Waals surface area contributed by atoms with E-state index in [0.717, 1.165) is 40.0 Å². The molecule has 0 N–H and O–H groups in total. The van der Waals surface area contributed by atoms with Crippen LogP contribution in [-0.2, 0) is 11.8 Å². The van der Waals surface area contributed by atoms with Crippen LogP contribution in [0.4, 0.5) is 4.79 Å². The molecular formula is C20H22N2O3S. The second kappa shape index (κ2) is 7.41. The molecule has 1 aliphatic heterocycles. The summed E-state index contributed by atoms with van der Waals surface area (Å²) in [5, 5.41) is -0.251. The zero-order valence-electron chi connectivity index (χ0n) is 15.4. The van der Waals surface area contributed by atoms with Crippen molar-refractivity contribution in [1.29, 1.82) is 0 Å². The monoisotopic (exact) mass is 370 g/mol. The lowest BCUT2D eigenvalue weighted by Gasteiger charge is -2.13. The topological polar surface area (TPSA) is 51.5 Å². The summed E-state index contributed by atoms with van der Waals surface area (Å²) >= 11 is 0.983. The molecular weight excluding hydrogens is 348 g/mol. The second-order valence-corrected chi connectivity index (χ2v) is 7.38. The number of hydrogen-bond acceptors (Lipinski definition) is 4. The van der Waals surface area contributed by atoms with Gasteiger partial charge in [-0.3, -0.25) is 14.5 Å². The van der Waals surface area contributed by atoms with Gasteiger partial charge in [0.25, 0.3) is 11.1 Å². The normalized spacial score (nSPS) is 16.0. The van der Waals surface area contributed by atoms with Crippen molar-refractivity contribution in [2.75, 3.05) is 13.2 Å². The van der Waals surface area contributed by atoms with Crippen LogP contribution >= 0.6 is 11.8 Å². The molecule has 26 heavy (non-hydrogen) atoms. The Morgan fingerprint density at radius 1 is 1.15 bits per heavy atom. The zero-order valence-corrected chi connectivity index (χ0v) is 16.2. The minimum Gasteiger partial charge on any atom is -0.492 e. The molecule has 0 unspecified atom stereocenters. The molecule has 6 heteroatoms. The average Bonchev–Trinajstić information content (AvgIpc) is 3.00. The van der Waals surface area contributed by atoms with Crippen molar-refractivity contribution in [2.45, 2.75) is 20.8 Å². The number of aromatic nitrogens is 1. The first-order chi connectivity index (χ1) is 12.4. The number of amides is 2. The fourth-order valence-corrected chi connectivity index (χ4v) is 3.68. The number of carbonyl (C=O) groups is 2. The summed E-state index contributed by atoms with van der Waals surface area (Å²) < 4.78 is 7.72. The number of nitrogens with zero attached hydrogens (tertiary/aromatic N) is 2. The van der Waals surface area contributed by atoms with E-state index in [1.807, 2.05) is 58.2 Å². The predicted octanol–water partition coefficient (Wildman–Crippen LogP) is 4.07. The Hall–Kier alpha value is -2.47. The summed E-state index contributed by atoms with van der Waals surface area (Å²) in [4.78, 5) is 26.5. The summed E-state index contributed by atoms with van der Waals surface area (Å²) in [7, 11) is 1.98. The van der Waals surface area contributed by atoms with Gasteiger partial charge in [0.15, 0.2) is 0 Å². The van der Waals surface area contributed by atoms with E-state index in [4.69, 9.17) is 4.74 Å². The molecule has 1 saturated heterocycles. The Morgan fingerprint density at radius 2 is 1.92 bits per heavy atom. The number of carbonyl (C=O) groups excluding carboxylic acids is 2. The van der Waals surface area contributed by atoms with E-state index in [1.165, 1.54) is 4.90 Å². The van der Waals surface area contributed by atoms with Gasteiger partial charge in [-0.25, -0.2) is 0 Å². The van der Waals surface area contributed by atoms with Gasteiger partial charge in [-0.15, -0.1) is 0 Å². The number of benzene rings is 1. The number of ether oxygens (including phenoxy) is 1. The highest BCUT2D eigenvalue weighted by molar-refractivity contribution is 8.18. The molecule has 2 heterocycles. The lowest BCUT2D eigenvalue weighted by Crippen LogP contribution is -2.32. The van der Waals surface area contributed by atoms with Crippen molar-refractivity contribution in [3.8, 4) is 5.75 Å². The van der Waals surface area contributed by atoms with Crippen LogP contribution < -0.4 is 4.74 Å². The van der Waals surface area contributed by atoms with Crippen molar-refractivity contribution in [3.05, 3.63) is 57.8 Å². The maximum Gasteiger partial charge on any atom is 0.293 e. The van der Waals surface area contributed by atoms with E-state index in [2.05, 4.69) is 4.57 Å². The summed E-state index contributed by atoms with van der Waals surface area (Å²) in [5.41, 5.74) is 4.24. The van der Waals surface area contributed by atoms with E-state index >= 15 is 0 Å². The summed E-state index contributed by atoms with van der Waals surface area (Å²) in [6.45, 7) is 6.51. The van der Waals surface area contributed by atoms with Crippen LogP contribution in [-0.4, -0.2) is 33.8 Å². The van der Waals surface area contributed by atoms with E-state index < -0.39 is 0 Å². The van der Waals surface area contributed by atoms with E-state index in [-0.39, 0.29) is 24.3 Å². The first kappa shape index (κ1) is 18.3. The van der Waals surface area contributed by atoms with Crippen LogP contribution in [0.3, 0.4) is 0 Å². The second-order valence-electron chi connectivity index (χ2n) is 6.38. The van der Waals surface area contributed by atoms with Crippen LogP contribution in [0.25, 0.3) is 6.08 Å². The standard InChI is InChI=1S/C20H22N2O3S/c1-13-6-5-7-17(10-13)25-9-8-22-19(23)18(26-20(22)24)12-16-11-14(2)21(4)15(16)3/h5-7,10-12H,8-9H2,1-4H3/b18-12-. The van der Waals surface area contributed by atoms with Crippen LogP contribution in [0.2, 0.25) is 0 Å². The Bertz CT molecular complexity index is 898. The first-order valence-electron chi connectivity index (χ1n) is 8.44. The quantitative estimate of drug-likeness (QED) is 0.745. The minimum absolute atomic E-state index is 0.239. The van der Waals surface area contributed by atoms with E-state index in [1.54, 1.807) is 6.08 Å². The molecule has 0 radical (unpaired) electrons. The van der Waals surface area contributed by atoms with Crippen molar-refractivity contribution < 1.29 is 14.3 Å². The van der Waals surface area contributed by atoms with Gasteiger partial charge < -0.3 is 9.30 Å². The maximum atomic E-state index is 12.6. The largest absolute Gasteiger partial charge is 0.492 e. The molecule has 3 rings (SSSR count). The fraction of sp³-hybridized carbons (Fsp3) is 0.300. The third-order valence-corrected chi connectivity index (χ3v) is 5.46. The van der Waals surface area contributed by atoms with E-state index in [9.17, 15) is 9.59 Å². The van der Waals surface area contributed by atoms with Gasteiger partial charge >= 0.3 is 0 Å². The molecule has 1 fully saturated rings. The molecule has 2 amide bonds. The fourth-order valence-electron chi connectivity index (χ4n) is 2.82. The number of thioether (sulfide) groups is 1. The third-order valence-electron chi connectivity index (χ3n) is 4.55. The van der Waals surface area contributed by atoms with Gasteiger partial charge in [0, 0.05) is 18.4 Å². The van der Waals surface area contributed by atoms with Crippen molar-refractivity contribution >= 4 is 29.0 Å². The molecule has 0 atom stereocenters. The molecule has 2 aromatic rings. The number of hydrogen-bond donors (Lipinski definition) is 0. The number of imide groups is 1. The molecule has 1 aromatic carbocycles. The highest BCUT2D eigenvalue weighted by Crippen LogP contribution is 2.33. The summed E-state index contributed by atoms with van der Waals surface area (Å²) in [6, 6.07) is 9.71. The van der Waals surface area contributed by atoms with Crippen molar-refractivity contribution in [3.63, 3.8) is 0 Å². The Labute approximate surface area is 157 Å². The highest BCUT2D eigenvalue weighted by Gasteiger charge is 2.35. The molecule has 136 valence electrons. The Morgan fingerprint density at radius 3 is 2.58 bits per heavy atom. The smallest absolute Gasteiger partial charge is 0.293 e. The Kier molecular flexibility index (Phi) is 5.23. The minimum atomic E-state index is -0.256. The van der Waals surface area contributed by atoms with Gasteiger partial charge in [-0.1, -0.05) is 12.1 Å². The van der Waals surface area contributed by atoms with Gasteiger partial charge in [-0.2, -0.15) is 0 Å². The van der Waals surface area contributed by atoms with Gasteiger partial charge in [0.05, 0.1) is 11.4 Å². The van der Waals surface area contributed by atoms with E-state index in [0.29, 0.717) is 4.91 Å². The van der Waals surface area contributed by atoms with Crippen LogP contribution in [0.1, 0.15) is 22.5 Å². The first-order valence-corrected chi connectivity index (χ1v) is 9.26. The van der Waals surface area contributed by atoms with Crippen LogP contribution in [0.5, 0.6) is 5.75 Å². The van der Waals surface area contributed by atoms with Gasteiger partial charge in [0.1, 0.15) is 12.4 Å². The van der Waals surface area contributed by atoms with Gasteiger partial charge in [-0.05, 0) is 67.9 Å². The molecule has 0 aliphatic carbocycles. The zero-order chi connectivity index (χ0) is 18.8. The number of aryl methyl sites for hydroxylation is 2. The lowest BCUT2D eigenvalue weighted by molar-refractivity contribution is -0.123. The van der Waals surface area contributed by atoms with Crippen LogP contribution in [0.15, 0.2) is 35.2 Å². The molecule has 0 saturated carbocycles. The van der Waals surface area contributed by atoms with Crippen LogP contribution in [0, 0.1) is 20.8 Å². The molecule has 1 aromatic heterocycles. The predicted molar refractivity (Wildman–Crippen MR) is 104 cm³/mol. The molecule has 0 bridgehead atoms. The number of rotatable bonds is 5. The molecule has 5 nitrogen and oxygen atoms in total. The summed E-state index contributed by atoms with van der Waals surface area (Å²) in [5.74, 6) is 0.483. The molecule has 0 spiro atoms. The lowest BCUT2D eigenvalue weighted by atomic mass is 10.2.